The first-order chi connectivity index (χ1) is 11.9. The van der Waals surface area contributed by atoms with Gasteiger partial charge in [0.05, 0.1) is 6.61 Å². The number of carbonyl (C=O) groups excluding carboxylic acids is 1. The van der Waals surface area contributed by atoms with Gasteiger partial charge in [-0.1, -0.05) is 0 Å². The molecule has 142 valence electrons. The first kappa shape index (κ1) is 17.8. The van der Waals surface area contributed by atoms with Crippen molar-refractivity contribution in [2.24, 2.45) is 28.6 Å². The number of hydrogen-bond acceptors (Lipinski definition) is 3. The van der Waals surface area contributed by atoms with Gasteiger partial charge >= 0.3 is 0 Å². The standard InChI is InChI=1S/C21H36N2O2/c1-22(2)14-20(15-24)3-5-23(6-4-20)19(25)13-21-10-16-7-17(11-21)9-18(8-16)12-21/h16-18,24H,3-15H2,1-2H3. The Bertz CT molecular complexity index is 473. The normalized spacial score (nSPS) is 39.2. The summed E-state index contributed by atoms with van der Waals surface area (Å²) in [6.45, 7) is 2.82. The van der Waals surface area contributed by atoms with E-state index in [1.165, 1.54) is 38.5 Å². The molecule has 0 atom stereocenters. The van der Waals surface area contributed by atoms with Gasteiger partial charge in [0.25, 0.3) is 0 Å². The van der Waals surface area contributed by atoms with Gasteiger partial charge in [0, 0.05) is 31.5 Å². The summed E-state index contributed by atoms with van der Waals surface area (Å²) < 4.78 is 0. The summed E-state index contributed by atoms with van der Waals surface area (Å²) in [5.41, 5.74) is 0.335. The highest BCUT2D eigenvalue weighted by Gasteiger charge is 2.52. The molecule has 1 amide bonds. The minimum absolute atomic E-state index is 0.0129. The van der Waals surface area contributed by atoms with E-state index in [2.05, 4.69) is 23.9 Å². The number of likely N-dealkylation sites (tertiary alicyclic amines) is 1. The SMILES string of the molecule is CN(C)CC1(CO)CCN(C(=O)CC23CC4CC(CC(C4)C2)C3)CC1. The Morgan fingerprint density at radius 2 is 1.56 bits per heavy atom. The molecular formula is C21H36N2O2. The summed E-state index contributed by atoms with van der Waals surface area (Å²) in [6, 6.07) is 0. The smallest absolute Gasteiger partial charge is 0.223 e. The number of piperidine rings is 1. The highest BCUT2D eigenvalue weighted by atomic mass is 16.3. The Morgan fingerprint density at radius 1 is 1.04 bits per heavy atom. The molecule has 4 heteroatoms. The van der Waals surface area contributed by atoms with Crippen LogP contribution >= 0.6 is 0 Å². The average Bonchev–Trinajstić information content (AvgIpc) is 2.53. The van der Waals surface area contributed by atoms with Crippen molar-refractivity contribution in [2.45, 2.75) is 57.8 Å². The van der Waals surface area contributed by atoms with Gasteiger partial charge in [-0.25, -0.2) is 0 Å². The Morgan fingerprint density at radius 3 is 2.00 bits per heavy atom. The molecule has 0 aromatic carbocycles. The van der Waals surface area contributed by atoms with Crippen LogP contribution < -0.4 is 0 Å². The number of rotatable bonds is 5. The molecule has 5 aliphatic rings. The van der Waals surface area contributed by atoms with Crippen molar-refractivity contribution in [1.82, 2.24) is 9.80 Å². The summed E-state index contributed by atoms with van der Waals surface area (Å²) in [7, 11) is 4.14. The van der Waals surface area contributed by atoms with Crippen LogP contribution in [0.4, 0.5) is 0 Å². The highest BCUT2D eigenvalue weighted by Crippen LogP contribution is 2.61. The van der Waals surface area contributed by atoms with Gasteiger partial charge in [-0.2, -0.15) is 0 Å². The van der Waals surface area contributed by atoms with Gasteiger partial charge < -0.3 is 14.9 Å². The van der Waals surface area contributed by atoms with Gasteiger partial charge in [0.2, 0.25) is 5.91 Å². The molecule has 0 aromatic heterocycles. The van der Waals surface area contributed by atoms with Crippen molar-refractivity contribution in [2.75, 3.05) is 40.3 Å². The van der Waals surface area contributed by atoms with Crippen molar-refractivity contribution in [3.05, 3.63) is 0 Å². The minimum atomic E-state index is -0.0129. The van der Waals surface area contributed by atoms with E-state index in [1.54, 1.807) is 0 Å². The molecule has 4 saturated carbocycles. The summed E-state index contributed by atoms with van der Waals surface area (Å²) >= 11 is 0. The molecule has 0 unspecified atom stereocenters. The van der Waals surface area contributed by atoms with E-state index in [4.69, 9.17) is 0 Å². The quantitative estimate of drug-likeness (QED) is 0.831. The van der Waals surface area contributed by atoms with Gasteiger partial charge in [0.1, 0.15) is 0 Å². The lowest BCUT2D eigenvalue weighted by Gasteiger charge is -2.57. The average molecular weight is 349 g/mol. The van der Waals surface area contributed by atoms with Crippen LogP contribution in [0.25, 0.3) is 0 Å². The molecule has 0 radical (unpaired) electrons. The third kappa shape index (κ3) is 3.49. The molecule has 5 rings (SSSR count). The highest BCUT2D eigenvalue weighted by molar-refractivity contribution is 5.77. The van der Waals surface area contributed by atoms with Gasteiger partial charge in [0.15, 0.2) is 0 Å². The lowest BCUT2D eigenvalue weighted by Crippen LogP contribution is -2.51. The maximum Gasteiger partial charge on any atom is 0.223 e. The fraction of sp³-hybridized carbons (Fsp3) is 0.952. The van der Waals surface area contributed by atoms with E-state index in [1.807, 2.05) is 0 Å². The van der Waals surface area contributed by atoms with E-state index >= 15 is 0 Å². The number of hydrogen-bond donors (Lipinski definition) is 1. The summed E-state index contributed by atoms with van der Waals surface area (Å²) in [6.07, 6.45) is 11.0. The molecule has 4 nitrogen and oxygen atoms in total. The Labute approximate surface area is 152 Å². The van der Waals surface area contributed by atoms with Crippen molar-refractivity contribution in [3.63, 3.8) is 0 Å². The van der Waals surface area contributed by atoms with Crippen LogP contribution in [-0.4, -0.2) is 61.2 Å². The first-order valence-corrected chi connectivity index (χ1v) is 10.4. The lowest BCUT2D eigenvalue weighted by molar-refractivity contribution is -0.142. The lowest BCUT2D eigenvalue weighted by atomic mass is 9.49. The predicted octanol–water partition coefficient (Wildman–Crippen LogP) is 2.76. The number of nitrogens with zero attached hydrogens (tertiary/aromatic N) is 2. The molecule has 1 saturated heterocycles. The third-order valence-electron chi connectivity index (χ3n) is 7.86. The number of carbonyl (C=O) groups is 1. The zero-order valence-electron chi connectivity index (χ0n) is 16.2. The summed E-state index contributed by atoms with van der Waals surface area (Å²) in [5.74, 6) is 3.16. The van der Waals surface area contributed by atoms with Crippen LogP contribution in [0.3, 0.4) is 0 Å². The fourth-order valence-electron chi connectivity index (χ4n) is 7.21. The number of amides is 1. The second kappa shape index (κ2) is 6.53. The van der Waals surface area contributed by atoms with E-state index in [-0.39, 0.29) is 12.0 Å². The number of aliphatic hydroxyl groups excluding tert-OH is 1. The van der Waals surface area contributed by atoms with Crippen LogP contribution in [0.15, 0.2) is 0 Å². The number of aliphatic hydroxyl groups is 1. The second-order valence-corrected chi connectivity index (χ2v) is 10.4. The maximum absolute atomic E-state index is 13.1. The summed E-state index contributed by atoms with van der Waals surface area (Å²) in [4.78, 5) is 17.3. The van der Waals surface area contributed by atoms with Crippen LogP contribution in [0.2, 0.25) is 0 Å². The van der Waals surface area contributed by atoms with Crippen LogP contribution in [0.1, 0.15) is 57.8 Å². The molecule has 1 aliphatic heterocycles. The van der Waals surface area contributed by atoms with E-state index in [9.17, 15) is 9.90 Å². The van der Waals surface area contributed by atoms with Crippen molar-refractivity contribution in [1.29, 1.82) is 0 Å². The first-order valence-electron chi connectivity index (χ1n) is 10.4. The van der Waals surface area contributed by atoms with Gasteiger partial charge in [-0.05, 0) is 88.6 Å². The molecule has 1 N–H and O–H groups in total. The maximum atomic E-state index is 13.1. The van der Waals surface area contributed by atoms with Crippen LogP contribution in [0, 0.1) is 28.6 Å². The Hall–Kier alpha value is -0.610. The minimum Gasteiger partial charge on any atom is -0.396 e. The van der Waals surface area contributed by atoms with Crippen LogP contribution in [0.5, 0.6) is 0 Å². The molecular weight excluding hydrogens is 312 g/mol. The van der Waals surface area contributed by atoms with E-state index < -0.39 is 0 Å². The molecule has 4 aliphatic carbocycles. The monoisotopic (exact) mass is 348 g/mol. The zero-order valence-corrected chi connectivity index (χ0v) is 16.2. The van der Waals surface area contributed by atoms with Crippen molar-refractivity contribution >= 4 is 5.91 Å². The van der Waals surface area contributed by atoms with Crippen molar-refractivity contribution in [3.8, 4) is 0 Å². The zero-order chi connectivity index (χ0) is 17.7. The molecule has 5 fully saturated rings. The molecule has 0 aromatic rings. The topological polar surface area (TPSA) is 43.8 Å². The Kier molecular flexibility index (Phi) is 4.64. The van der Waals surface area contributed by atoms with E-state index in [0.29, 0.717) is 11.3 Å². The molecule has 1 heterocycles. The largest absolute Gasteiger partial charge is 0.396 e. The second-order valence-electron chi connectivity index (χ2n) is 10.4. The predicted molar refractivity (Wildman–Crippen MR) is 99.1 cm³/mol. The fourth-order valence-corrected chi connectivity index (χ4v) is 7.21. The summed E-state index contributed by atoms with van der Waals surface area (Å²) in [5, 5.41) is 9.90. The van der Waals surface area contributed by atoms with Gasteiger partial charge in [-0.15, -0.1) is 0 Å². The molecule has 25 heavy (non-hydrogen) atoms. The third-order valence-corrected chi connectivity index (χ3v) is 7.86. The van der Waals surface area contributed by atoms with Gasteiger partial charge in [-0.3, -0.25) is 4.79 Å². The molecule has 0 spiro atoms. The van der Waals surface area contributed by atoms with E-state index in [0.717, 1.165) is 56.7 Å². The van der Waals surface area contributed by atoms with Crippen molar-refractivity contribution < 1.29 is 9.90 Å². The van der Waals surface area contributed by atoms with Crippen LogP contribution in [-0.2, 0) is 4.79 Å². The molecule has 4 bridgehead atoms. The Balaban J connectivity index is 1.35.